The van der Waals surface area contributed by atoms with E-state index in [1.54, 1.807) is 11.3 Å². The van der Waals surface area contributed by atoms with Crippen molar-refractivity contribution in [3.63, 3.8) is 0 Å². The minimum atomic E-state index is -0.643. The molecule has 1 unspecified atom stereocenters. The molecule has 2 heterocycles. The molecule has 138 valence electrons. The van der Waals surface area contributed by atoms with Crippen molar-refractivity contribution < 1.29 is 4.74 Å². The second-order valence-electron chi connectivity index (χ2n) is 7.38. The number of ether oxygens (including phenoxy) is 1. The fraction of sp³-hybridized carbons (Fsp3) is 0.0370. The van der Waals surface area contributed by atoms with E-state index in [1.165, 1.54) is 26.4 Å². The van der Waals surface area contributed by atoms with Gasteiger partial charge in [0.05, 0.1) is 0 Å². The first kappa shape index (κ1) is 16.6. The molecule has 1 nitrogen and oxygen atoms in total. The number of hydrogen-bond donors (Lipinski definition) is 0. The van der Waals surface area contributed by atoms with Crippen LogP contribution < -0.4 is 4.74 Å². The Morgan fingerprint density at radius 2 is 1.45 bits per heavy atom. The largest absolute Gasteiger partial charge is 0.473 e. The second kappa shape index (κ2) is 6.33. The molecule has 0 fully saturated rings. The summed E-state index contributed by atoms with van der Waals surface area (Å²) in [6, 6.07) is 31.8. The maximum atomic E-state index is 6.89. The molecule has 0 spiro atoms. The summed E-state index contributed by atoms with van der Waals surface area (Å²) in [5.74, 6) is 0.922. The van der Waals surface area contributed by atoms with E-state index in [2.05, 4.69) is 109 Å². The van der Waals surface area contributed by atoms with Gasteiger partial charge in [0.15, 0.2) is 5.60 Å². The minimum absolute atomic E-state index is 0.643. The van der Waals surface area contributed by atoms with E-state index in [9.17, 15) is 0 Å². The summed E-state index contributed by atoms with van der Waals surface area (Å²) in [6.45, 7) is 0. The first-order valence-corrected chi connectivity index (χ1v) is 10.7. The molecule has 0 saturated heterocycles. The molecule has 1 aliphatic heterocycles. The zero-order chi connectivity index (χ0) is 19.3. The van der Waals surface area contributed by atoms with Crippen molar-refractivity contribution >= 4 is 38.3 Å². The molecule has 0 N–H and O–H groups in total. The highest BCUT2D eigenvalue weighted by molar-refractivity contribution is 7.17. The highest BCUT2D eigenvalue weighted by atomic mass is 32.1. The molecule has 0 radical (unpaired) electrons. The first-order chi connectivity index (χ1) is 14.4. The van der Waals surface area contributed by atoms with E-state index >= 15 is 0 Å². The Labute approximate surface area is 173 Å². The molecule has 1 aliphatic rings. The van der Waals surface area contributed by atoms with Crippen LogP contribution in [-0.4, -0.2) is 0 Å². The van der Waals surface area contributed by atoms with Crippen LogP contribution in [0.2, 0.25) is 0 Å². The smallest absolute Gasteiger partial charge is 0.179 e. The van der Waals surface area contributed by atoms with Gasteiger partial charge in [-0.25, -0.2) is 0 Å². The topological polar surface area (TPSA) is 9.23 Å². The fourth-order valence-electron chi connectivity index (χ4n) is 4.35. The minimum Gasteiger partial charge on any atom is -0.473 e. The number of thiophene rings is 1. The Kier molecular flexibility index (Phi) is 3.62. The molecule has 1 aromatic heterocycles. The maximum Gasteiger partial charge on any atom is 0.179 e. The van der Waals surface area contributed by atoms with Crippen molar-refractivity contribution in [2.45, 2.75) is 5.60 Å². The lowest BCUT2D eigenvalue weighted by Crippen LogP contribution is -2.34. The Morgan fingerprint density at radius 1 is 0.690 bits per heavy atom. The van der Waals surface area contributed by atoms with Gasteiger partial charge in [-0.3, -0.25) is 0 Å². The van der Waals surface area contributed by atoms with E-state index in [0.717, 1.165) is 16.9 Å². The molecule has 5 aromatic rings. The van der Waals surface area contributed by atoms with Crippen molar-refractivity contribution in [1.29, 1.82) is 0 Å². The summed E-state index contributed by atoms with van der Waals surface area (Å²) >= 11 is 1.77. The SMILES string of the molecule is C1=CC(c2ccccc2)(c2csc3ccccc23)Oc2ccc3ccccc3c21. The third kappa shape index (κ3) is 2.46. The van der Waals surface area contributed by atoms with Crippen molar-refractivity contribution in [2.24, 2.45) is 0 Å². The van der Waals surface area contributed by atoms with Crippen molar-refractivity contribution in [3.05, 3.63) is 119 Å². The summed E-state index contributed by atoms with van der Waals surface area (Å²) in [7, 11) is 0. The van der Waals surface area contributed by atoms with Crippen LogP contribution in [0, 0.1) is 0 Å². The van der Waals surface area contributed by atoms with Crippen molar-refractivity contribution in [2.75, 3.05) is 0 Å². The Bertz CT molecular complexity index is 1380. The summed E-state index contributed by atoms with van der Waals surface area (Å²) in [5.41, 5.74) is 2.84. The Morgan fingerprint density at radius 3 is 2.34 bits per heavy atom. The highest BCUT2D eigenvalue weighted by Crippen LogP contribution is 2.47. The Balaban J connectivity index is 1.63. The highest BCUT2D eigenvalue weighted by Gasteiger charge is 2.39. The molecule has 0 aliphatic carbocycles. The van der Waals surface area contributed by atoms with Gasteiger partial charge >= 0.3 is 0 Å². The van der Waals surface area contributed by atoms with Crippen LogP contribution in [-0.2, 0) is 5.60 Å². The van der Waals surface area contributed by atoms with Gasteiger partial charge < -0.3 is 4.74 Å². The van der Waals surface area contributed by atoms with Crippen LogP contribution in [0.4, 0.5) is 0 Å². The van der Waals surface area contributed by atoms with Crippen LogP contribution in [0.1, 0.15) is 16.7 Å². The van der Waals surface area contributed by atoms with E-state index in [4.69, 9.17) is 4.74 Å². The maximum absolute atomic E-state index is 6.89. The van der Waals surface area contributed by atoms with Gasteiger partial charge in [-0.1, -0.05) is 78.9 Å². The first-order valence-electron chi connectivity index (χ1n) is 9.77. The lowest BCUT2D eigenvalue weighted by atomic mass is 9.83. The zero-order valence-electron chi connectivity index (χ0n) is 15.7. The molecule has 0 saturated carbocycles. The van der Waals surface area contributed by atoms with E-state index in [1.807, 2.05) is 0 Å². The normalized spacial score (nSPS) is 17.9. The van der Waals surface area contributed by atoms with Gasteiger partial charge in [-0.2, -0.15) is 0 Å². The quantitative estimate of drug-likeness (QED) is 0.305. The van der Waals surface area contributed by atoms with E-state index in [0.29, 0.717) is 0 Å². The van der Waals surface area contributed by atoms with Gasteiger partial charge in [0, 0.05) is 26.8 Å². The van der Waals surface area contributed by atoms with E-state index < -0.39 is 5.60 Å². The number of benzene rings is 4. The molecule has 0 bridgehead atoms. The Hall–Kier alpha value is -3.36. The standard InChI is InChI=1S/C27H18OS/c1-2-9-20(10-3-1)27(24-18-29-26-13-7-6-12-23(24)26)17-16-22-21-11-5-4-8-19(21)14-15-25(22)28-27/h1-18H. The second-order valence-corrected chi connectivity index (χ2v) is 8.29. The van der Waals surface area contributed by atoms with E-state index in [-0.39, 0.29) is 0 Å². The molecule has 2 heteroatoms. The van der Waals surface area contributed by atoms with Gasteiger partial charge in [-0.15, -0.1) is 11.3 Å². The predicted octanol–water partition coefficient (Wildman–Crippen LogP) is 7.40. The number of fused-ring (bicyclic) bond motifs is 4. The monoisotopic (exact) mass is 390 g/mol. The van der Waals surface area contributed by atoms with Crippen LogP contribution in [0.25, 0.3) is 26.9 Å². The summed E-state index contributed by atoms with van der Waals surface area (Å²) < 4.78 is 8.16. The van der Waals surface area contributed by atoms with Crippen LogP contribution in [0.5, 0.6) is 5.75 Å². The van der Waals surface area contributed by atoms with Crippen molar-refractivity contribution in [3.8, 4) is 5.75 Å². The molecule has 1 atom stereocenters. The molecule has 29 heavy (non-hydrogen) atoms. The van der Waals surface area contributed by atoms with Gasteiger partial charge in [0.2, 0.25) is 0 Å². The molecule has 0 amide bonds. The van der Waals surface area contributed by atoms with Crippen LogP contribution in [0.3, 0.4) is 0 Å². The van der Waals surface area contributed by atoms with Gasteiger partial charge in [0.1, 0.15) is 5.75 Å². The fourth-order valence-corrected chi connectivity index (χ4v) is 5.36. The third-order valence-electron chi connectivity index (χ3n) is 5.77. The van der Waals surface area contributed by atoms with Gasteiger partial charge in [-0.05, 0) is 40.4 Å². The average Bonchev–Trinajstić information content (AvgIpc) is 3.24. The summed E-state index contributed by atoms with van der Waals surface area (Å²) in [4.78, 5) is 0. The average molecular weight is 391 g/mol. The van der Waals surface area contributed by atoms with Crippen LogP contribution >= 0.6 is 11.3 Å². The van der Waals surface area contributed by atoms with Gasteiger partial charge in [0.25, 0.3) is 0 Å². The predicted molar refractivity (Wildman–Crippen MR) is 123 cm³/mol. The lowest BCUT2D eigenvalue weighted by Gasteiger charge is -2.36. The third-order valence-corrected chi connectivity index (χ3v) is 6.73. The summed E-state index contributed by atoms with van der Waals surface area (Å²) in [5, 5.41) is 5.94. The molecule has 6 rings (SSSR count). The molecular formula is C27H18OS. The zero-order valence-corrected chi connectivity index (χ0v) is 16.5. The molecule has 4 aromatic carbocycles. The van der Waals surface area contributed by atoms with Crippen molar-refractivity contribution in [1.82, 2.24) is 0 Å². The molecular weight excluding hydrogens is 372 g/mol. The van der Waals surface area contributed by atoms with Crippen LogP contribution in [0.15, 0.2) is 102 Å². The number of hydrogen-bond acceptors (Lipinski definition) is 2. The summed E-state index contributed by atoms with van der Waals surface area (Å²) in [6.07, 6.45) is 4.46. The number of rotatable bonds is 2. The lowest BCUT2D eigenvalue weighted by molar-refractivity contribution is 0.163.